The monoisotopic (exact) mass is 381 g/mol. The average molecular weight is 382 g/mol. The van der Waals surface area contributed by atoms with E-state index in [4.69, 9.17) is 0 Å². The lowest BCUT2D eigenvalue weighted by atomic mass is 10.1. The molecule has 1 aromatic carbocycles. The van der Waals surface area contributed by atoms with Gasteiger partial charge in [-0.1, -0.05) is 18.2 Å². The van der Waals surface area contributed by atoms with E-state index in [1.807, 2.05) is 18.0 Å². The van der Waals surface area contributed by atoms with Crippen LogP contribution in [0.4, 0.5) is 5.69 Å². The highest BCUT2D eigenvalue weighted by molar-refractivity contribution is 5.76. The fraction of sp³-hybridized carbons (Fsp3) is 0.545. The van der Waals surface area contributed by atoms with Crippen LogP contribution in [0, 0.1) is 13.8 Å². The molecule has 150 valence electrons. The van der Waals surface area contributed by atoms with E-state index in [9.17, 15) is 4.79 Å². The summed E-state index contributed by atoms with van der Waals surface area (Å²) in [4.78, 5) is 17.8. The number of anilines is 1. The van der Waals surface area contributed by atoms with E-state index >= 15 is 0 Å². The zero-order chi connectivity index (χ0) is 19.7. The molecule has 2 aliphatic heterocycles. The number of carbonyl (C=O) groups is 1. The molecule has 2 atom stereocenters. The first-order valence-corrected chi connectivity index (χ1v) is 10.3. The van der Waals surface area contributed by atoms with Gasteiger partial charge < -0.3 is 10.2 Å². The molecule has 0 spiro atoms. The van der Waals surface area contributed by atoms with Gasteiger partial charge in [0.15, 0.2) is 0 Å². The van der Waals surface area contributed by atoms with Crippen LogP contribution in [0.1, 0.15) is 36.0 Å². The van der Waals surface area contributed by atoms with Gasteiger partial charge in [0.1, 0.15) is 6.54 Å². The maximum absolute atomic E-state index is 13.2. The molecule has 1 amide bonds. The number of amides is 1. The number of hydrogen-bond donors (Lipinski definition) is 1. The third-order valence-electron chi connectivity index (χ3n) is 6.33. The Morgan fingerprint density at radius 3 is 2.82 bits per heavy atom. The Labute approximate surface area is 167 Å². The molecule has 0 aliphatic carbocycles. The number of para-hydroxylation sites is 1. The van der Waals surface area contributed by atoms with Crippen LogP contribution in [0.25, 0.3) is 0 Å². The Morgan fingerprint density at radius 1 is 1.21 bits per heavy atom. The average Bonchev–Trinajstić information content (AvgIpc) is 3.21. The number of rotatable bonds is 2. The first kappa shape index (κ1) is 19.0. The van der Waals surface area contributed by atoms with Gasteiger partial charge in [-0.05, 0) is 56.8 Å². The third-order valence-corrected chi connectivity index (χ3v) is 6.33. The van der Waals surface area contributed by atoms with Crippen molar-refractivity contribution >= 4 is 11.6 Å². The second kappa shape index (κ2) is 7.95. The maximum atomic E-state index is 13.2. The molecule has 6 nitrogen and oxygen atoms in total. The summed E-state index contributed by atoms with van der Waals surface area (Å²) in [6, 6.07) is 7.40. The maximum Gasteiger partial charge on any atom is 0.244 e. The SMILES string of the molecule is Cc1cnn(CC(=O)N2Cc3cccc(C)c3NCCC3CCC(C2)N3C)c1. The summed E-state index contributed by atoms with van der Waals surface area (Å²) in [5.41, 5.74) is 4.71. The standard InChI is InChI=1S/C22H31N5O/c1-16-11-24-27(12-16)15-21(28)26-13-18-6-4-5-17(2)22(18)23-10-9-19-7-8-20(14-26)25(19)3/h4-6,11-12,19-20,23H,7-10,13-15H2,1-3H3. The van der Waals surface area contributed by atoms with Gasteiger partial charge in [-0.15, -0.1) is 0 Å². The number of carbonyl (C=O) groups excluding carboxylic acids is 1. The van der Waals surface area contributed by atoms with E-state index in [1.165, 1.54) is 23.2 Å². The number of aryl methyl sites for hydroxylation is 2. The summed E-state index contributed by atoms with van der Waals surface area (Å²) < 4.78 is 1.75. The highest BCUT2D eigenvalue weighted by Crippen LogP contribution is 2.29. The molecule has 1 saturated heterocycles. The predicted octanol–water partition coefficient (Wildman–Crippen LogP) is 2.81. The smallest absolute Gasteiger partial charge is 0.244 e. The highest BCUT2D eigenvalue weighted by atomic mass is 16.2. The van der Waals surface area contributed by atoms with E-state index in [0.29, 0.717) is 25.2 Å². The first-order chi connectivity index (χ1) is 13.5. The van der Waals surface area contributed by atoms with Crippen LogP contribution < -0.4 is 5.32 Å². The van der Waals surface area contributed by atoms with Gasteiger partial charge in [0, 0.05) is 43.6 Å². The quantitative estimate of drug-likeness (QED) is 0.869. The Kier molecular flexibility index (Phi) is 5.40. The molecule has 4 rings (SSSR count). The minimum atomic E-state index is 0.131. The number of nitrogens with one attached hydrogen (secondary N) is 1. The second-order valence-electron chi connectivity index (χ2n) is 8.36. The van der Waals surface area contributed by atoms with Crippen LogP contribution in [0.3, 0.4) is 0 Å². The van der Waals surface area contributed by atoms with Crippen molar-refractivity contribution in [2.24, 2.45) is 0 Å². The number of likely N-dealkylation sites (N-methyl/N-ethyl adjacent to an activating group) is 1. The molecule has 1 N–H and O–H groups in total. The van der Waals surface area contributed by atoms with E-state index in [0.717, 1.165) is 31.5 Å². The van der Waals surface area contributed by atoms with Gasteiger partial charge in [0.2, 0.25) is 5.91 Å². The number of fused-ring (bicyclic) bond motifs is 3. The summed E-state index contributed by atoms with van der Waals surface area (Å²) in [6.45, 7) is 6.82. The van der Waals surface area contributed by atoms with E-state index < -0.39 is 0 Å². The van der Waals surface area contributed by atoms with Crippen LogP contribution in [-0.2, 0) is 17.9 Å². The van der Waals surface area contributed by atoms with Gasteiger partial charge in [0.25, 0.3) is 0 Å². The topological polar surface area (TPSA) is 53.4 Å². The van der Waals surface area contributed by atoms with Crippen molar-refractivity contribution in [1.82, 2.24) is 19.6 Å². The largest absolute Gasteiger partial charge is 0.384 e. The van der Waals surface area contributed by atoms with E-state index in [2.05, 4.69) is 47.5 Å². The van der Waals surface area contributed by atoms with Crippen LogP contribution in [0.15, 0.2) is 30.6 Å². The fourth-order valence-corrected chi connectivity index (χ4v) is 4.64. The molecule has 2 bridgehead atoms. The number of aromatic nitrogens is 2. The van der Waals surface area contributed by atoms with Crippen molar-refractivity contribution in [1.29, 1.82) is 0 Å². The predicted molar refractivity (Wildman–Crippen MR) is 111 cm³/mol. The van der Waals surface area contributed by atoms with Gasteiger partial charge >= 0.3 is 0 Å². The van der Waals surface area contributed by atoms with E-state index in [1.54, 1.807) is 10.9 Å². The molecule has 2 aliphatic rings. The molecule has 3 heterocycles. The molecule has 2 unspecified atom stereocenters. The first-order valence-electron chi connectivity index (χ1n) is 10.3. The molecule has 28 heavy (non-hydrogen) atoms. The third kappa shape index (κ3) is 3.92. The summed E-state index contributed by atoms with van der Waals surface area (Å²) >= 11 is 0. The van der Waals surface area contributed by atoms with Crippen molar-refractivity contribution in [3.05, 3.63) is 47.3 Å². The van der Waals surface area contributed by atoms with Gasteiger partial charge in [-0.3, -0.25) is 14.4 Å². The molecular formula is C22H31N5O. The lowest BCUT2D eigenvalue weighted by molar-refractivity contribution is -0.133. The Hall–Kier alpha value is -2.34. The van der Waals surface area contributed by atoms with Crippen molar-refractivity contribution in [3.63, 3.8) is 0 Å². The second-order valence-corrected chi connectivity index (χ2v) is 8.36. The molecule has 0 radical (unpaired) electrons. The minimum Gasteiger partial charge on any atom is -0.384 e. The molecule has 1 fully saturated rings. The zero-order valence-electron chi connectivity index (χ0n) is 17.2. The fourth-order valence-electron chi connectivity index (χ4n) is 4.64. The molecule has 6 heteroatoms. The normalized spacial score (nSPS) is 23.0. The van der Waals surface area contributed by atoms with Crippen LogP contribution >= 0.6 is 0 Å². The van der Waals surface area contributed by atoms with Crippen molar-refractivity contribution < 1.29 is 4.79 Å². The summed E-state index contributed by atoms with van der Waals surface area (Å²) in [5.74, 6) is 0.131. The summed E-state index contributed by atoms with van der Waals surface area (Å²) in [7, 11) is 2.22. The van der Waals surface area contributed by atoms with E-state index in [-0.39, 0.29) is 5.91 Å². The zero-order valence-corrected chi connectivity index (χ0v) is 17.2. The Morgan fingerprint density at radius 2 is 2.04 bits per heavy atom. The Bertz CT molecular complexity index is 845. The summed E-state index contributed by atoms with van der Waals surface area (Å²) in [5, 5.41) is 7.97. The van der Waals surface area contributed by atoms with Gasteiger partial charge in [0.05, 0.1) is 6.20 Å². The van der Waals surface area contributed by atoms with Crippen molar-refractivity contribution in [3.8, 4) is 0 Å². The molecule has 2 aromatic rings. The van der Waals surface area contributed by atoms with Crippen LogP contribution in [-0.4, -0.2) is 57.7 Å². The van der Waals surface area contributed by atoms with Gasteiger partial charge in [-0.25, -0.2) is 0 Å². The lowest BCUT2D eigenvalue weighted by Gasteiger charge is -2.31. The molecule has 0 saturated carbocycles. The van der Waals surface area contributed by atoms with Crippen LogP contribution in [0.5, 0.6) is 0 Å². The van der Waals surface area contributed by atoms with Crippen LogP contribution in [0.2, 0.25) is 0 Å². The lowest BCUT2D eigenvalue weighted by Crippen LogP contribution is -2.44. The molecule has 1 aromatic heterocycles. The number of hydrogen-bond acceptors (Lipinski definition) is 4. The number of nitrogens with zero attached hydrogens (tertiary/aromatic N) is 4. The van der Waals surface area contributed by atoms with Crippen molar-refractivity contribution in [2.45, 2.75) is 58.3 Å². The van der Waals surface area contributed by atoms with Gasteiger partial charge in [-0.2, -0.15) is 5.10 Å². The Balaban J connectivity index is 1.62. The minimum absolute atomic E-state index is 0.131. The summed E-state index contributed by atoms with van der Waals surface area (Å²) in [6.07, 6.45) is 7.25. The van der Waals surface area contributed by atoms with Crippen molar-refractivity contribution in [2.75, 3.05) is 25.5 Å². The number of benzene rings is 1. The highest BCUT2D eigenvalue weighted by Gasteiger charge is 2.33. The molecular weight excluding hydrogens is 350 g/mol.